The van der Waals surface area contributed by atoms with Crippen molar-refractivity contribution in [2.45, 2.75) is 12.1 Å². The molecule has 4 nitrogen and oxygen atoms in total. The number of thioether (sulfide) groups is 1. The molecule has 0 aliphatic rings. The molecule has 0 N–H and O–H groups in total. The standard InChI is InChI=1S/C16H17N3OS/c1-4-21-16-18-11-14(19(16)2)9-13(10-17)12-5-7-15(20-3)8-6-12/h5-9,11H,4H2,1-3H3/b13-9+. The zero-order valence-corrected chi connectivity index (χ0v) is 13.1. The number of hydrogen-bond acceptors (Lipinski definition) is 4. The number of allylic oxidation sites excluding steroid dienone is 1. The first-order valence-corrected chi connectivity index (χ1v) is 7.59. The van der Waals surface area contributed by atoms with Gasteiger partial charge in [-0.05, 0) is 41.7 Å². The maximum absolute atomic E-state index is 9.38. The molecule has 1 aromatic heterocycles. The minimum Gasteiger partial charge on any atom is -0.497 e. The molecule has 108 valence electrons. The zero-order chi connectivity index (χ0) is 15.2. The van der Waals surface area contributed by atoms with Crippen LogP contribution in [0.15, 0.2) is 35.6 Å². The van der Waals surface area contributed by atoms with Crippen LogP contribution in [0.25, 0.3) is 11.6 Å². The Kier molecular flexibility index (Phi) is 5.07. The van der Waals surface area contributed by atoms with E-state index in [1.165, 1.54) is 0 Å². The molecule has 0 spiro atoms. The predicted octanol–water partition coefficient (Wildman–Crippen LogP) is 3.60. The number of ether oxygens (including phenoxy) is 1. The summed E-state index contributed by atoms with van der Waals surface area (Å²) in [6.45, 7) is 2.09. The molecule has 0 bridgehead atoms. The number of imidazole rings is 1. The highest BCUT2D eigenvalue weighted by Crippen LogP contribution is 2.23. The van der Waals surface area contributed by atoms with Gasteiger partial charge in [-0.2, -0.15) is 5.26 Å². The Balaban J connectivity index is 2.34. The van der Waals surface area contributed by atoms with Crippen LogP contribution >= 0.6 is 11.8 Å². The molecule has 0 aliphatic heterocycles. The van der Waals surface area contributed by atoms with Crippen molar-refractivity contribution < 1.29 is 4.74 Å². The van der Waals surface area contributed by atoms with Crippen LogP contribution in [0.4, 0.5) is 0 Å². The van der Waals surface area contributed by atoms with Crippen molar-refractivity contribution in [1.29, 1.82) is 5.26 Å². The lowest BCUT2D eigenvalue weighted by atomic mass is 10.1. The van der Waals surface area contributed by atoms with Gasteiger partial charge in [0.15, 0.2) is 5.16 Å². The van der Waals surface area contributed by atoms with E-state index in [4.69, 9.17) is 4.74 Å². The Morgan fingerprint density at radius 1 is 1.43 bits per heavy atom. The molecule has 2 aromatic rings. The Labute approximate surface area is 129 Å². The van der Waals surface area contributed by atoms with Crippen LogP contribution in [0.1, 0.15) is 18.2 Å². The van der Waals surface area contributed by atoms with Crippen molar-refractivity contribution in [1.82, 2.24) is 9.55 Å². The van der Waals surface area contributed by atoms with Crippen molar-refractivity contribution >= 4 is 23.4 Å². The van der Waals surface area contributed by atoms with Crippen molar-refractivity contribution in [3.05, 3.63) is 41.7 Å². The Bertz CT molecular complexity index is 681. The maximum atomic E-state index is 9.38. The normalized spacial score (nSPS) is 11.2. The Morgan fingerprint density at radius 2 is 2.14 bits per heavy atom. The summed E-state index contributed by atoms with van der Waals surface area (Å²) >= 11 is 1.68. The number of nitrogens with zero attached hydrogens (tertiary/aromatic N) is 3. The summed E-state index contributed by atoms with van der Waals surface area (Å²) in [5.41, 5.74) is 2.39. The zero-order valence-electron chi connectivity index (χ0n) is 12.3. The van der Waals surface area contributed by atoms with Gasteiger partial charge in [-0.15, -0.1) is 0 Å². The maximum Gasteiger partial charge on any atom is 0.168 e. The average Bonchev–Trinajstić information content (AvgIpc) is 2.86. The number of nitriles is 1. The molecule has 2 rings (SSSR count). The topological polar surface area (TPSA) is 50.8 Å². The summed E-state index contributed by atoms with van der Waals surface area (Å²) in [5, 5.41) is 10.3. The molecule has 5 heteroatoms. The van der Waals surface area contributed by atoms with E-state index in [0.29, 0.717) is 5.57 Å². The van der Waals surface area contributed by atoms with Crippen LogP contribution in [0.2, 0.25) is 0 Å². The van der Waals surface area contributed by atoms with E-state index in [0.717, 1.165) is 27.9 Å². The van der Waals surface area contributed by atoms with Gasteiger partial charge in [0.1, 0.15) is 5.75 Å². The second-order valence-corrected chi connectivity index (χ2v) is 5.59. The van der Waals surface area contributed by atoms with E-state index in [-0.39, 0.29) is 0 Å². The molecule has 0 saturated carbocycles. The van der Waals surface area contributed by atoms with Gasteiger partial charge in [-0.25, -0.2) is 4.98 Å². The van der Waals surface area contributed by atoms with Crippen LogP contribution < -0.4 is 4.74 Å². The van der Waals surface area contributed by atoms with Gasteiger partial charge in [-0.3, -0.25) is 0 Å². The second kappa shape index (κ2) is 7.00. The smallest absolute Gasteiger partial charge is 0.168 e. The highest BCUT2D eigenvalue weighted by atomic mass is 32.2. The van der Waals surface area contributed by atoms with Crippen molar-refractivity contribution in [2.24, 2.45) is 7.05 Å². The van der Waals surface area contributed by atoms with Gasteiger partial charge >= 0.3 is 0 Å². The molecule has 1 heterocycles. The third kappa shape index (κ3) is 3.47. The summed E-state index contributed by atoms with van der Waals surface area (Å²) in [6, 6.07) is 9.71. The lowest BCUT2D eigenvalue weighted by molar-refractivity contribution is 0.415. The van der Waals surface area contributed by atoms with Crippen LogP contribution in [0.3, 0.4) is 0 Å². The fourth-order valence-electron chi connectivity index (χ4n) is 1.90. The van der Waals surface area contributed by atoms with Gasteiger partial charge in [0.25, 0.3) is 0 Å². The molecule has 0 radical (unpaired) electrons. The number of hydrogen-bond donors (Lipinski definition) is 0. The molecule has 0 saturated heterocycles. The van der Waals surface area contributed by atoms with Gasteiger partial charge in [0.2, 0.25) is 0 Å². The highest BCUT2D eigenvalue weighted by molar-refractivity contribution is 7.99. The third-order valence-electron chi connectivity index (χ3n) is 3.07. The molecule has 0 amide bonds. The molecule has 1 aromatic carbocycles. The number of rotatable bonds is 5. The van der Waals surface area contributed by atoms with Crippen molar-refractivity contribution in [2.75, 3.05) is 12.9 Å². The summed E-state index contributed by atoms with van der Waals surface area (Å²) in [5.74, 6) is 1.75. The molecule has 0 atom stereocenters. The van der Waals surface area contributed by atoms with E-state index >= 15 is 0 Å². The van der Waals surface area contributed by atoms with E-state index < -0.39 is 0 Å². The minimum atomic E-state index is 0.605. The lowest BCUT2D eigenvalue weighted by Crippen LogP contribution is -1.94. The van der Waals surface area contributed by atoms with E-state index in [1.807, 2.05) is 42.0 Å². The molecule has 0 unspecified atom stereocenters. The number of aromatic nitrogens is 2. The first-order chi connectivity index (χ1) is 10.2. The lowest BCUT2D eigenvalue weighted by Gasteiger charge is -2.04. The number of benzene rings is 1. The number of methoxy groups -OCH3 is 1. The summed E-state index contributed by atoms with van der Waals surface area (Å²) in [7, 11) is 3.58. The predicted molar refractivity (Wildman–Crippen MR) is 86.1 cm³/mol. The largest absolute Gasteiger partial charge is 0.497 e. The third-order valence-corrected chi connectivity index (χ3v) is 3.99. The summed E-state index contributed by atoms with van der Waals surface area (Å²) < 4.78 is 7.13. The van der Waals surface area contributed by atoms with Gasteiger partial charge < -0.3 is 9.30 Å². The molecular weight excluding hydrogens is 282 g/mol. The molecular formula is C16H17N3OS. The van der Waals surface area contributed by atoms with Gasteiger partial charge in [-0.1, -0.05) is 18.7 Å². The van der Waals surface area contributed by atoms with Gasteiger partial charge in [0.05, 0.1) is 30.6 Å². The summed E-state index contributed by atoms with van der Waals surface area (Å²) in [6.07, 6.45) is 3.65. The van der Waals surface area contributed by atoms with E-state index in [2.05, 4.69) is 18.0 Å². The van der Waals surface area contributed by atoms with E-state index in [1.54, 1.807) is 25.1 Å². The van der Waals surface area contributed by atoms with E-state index in [9.17, 15) is 5.26 Å². The minimum absolute atomic E-state index is 0.605. The van der Waals surface area contributed by atoms with Crippen LogP contribution in [-0.2, 0) is 7.05 Å². The van der Waals surface area contributed by atoms with Crippen LogP contribution in [0, 0.1) is 11.3 Å². The Morgan fingerprint density at radius 3 is 2.71 bits per heavy atom. The first kappa shape index (κ1) is 15.2. The van der Waals surface area contributed by atoms with Gasteiger partial charge in [0, 0.05) is 7.05 Å². The average molecular weight is 299 g/mol. The fourth-order valence-corrected chi connectivity index (χ4v) is 2.59. The van der Waals surface area contributed by atoms with Crippen molar-refractivity contribution in [3.63, 3.8) is 0 Å². The first-order valence-electron chi connectivity index (χ1n) is 6.60. The molecule has 0 fully saturated rings. The quantitative estimate of drug-likeness (QED) is 0.625. The fraction of sp³-hybridized carbons (Fsp3) is 0.250. The SMILES string of the molecule is CCSc1ncc(/C=C(\C#N)c2ccc(OC)cc2)n1C. The highest BCUT2D eigenvalue weighted by Gasteiger charge is 2.07. The molecule has 0 aliphatic carbocycles. The monoisotopic (exact) mass is 299 g/mol. The van der Waals surface area contributed by atoms with Crippen molar-refractivity contribution in [3.8, 4) is 11.8 Å². The van der Waals surface area contributed by atoms with Crippen LogP contribution in [0.5, 0.6) is 5.75 Å². The second-order valence-electron chi connectivity index (χ2n) is 4.36. The Hall–Kier alpha value is -2.19. The summed E-state index contributed by atoms with van der Waals surface area (Å²) in [4.78, 5) is 4.37. The van der Waals surface area contributed by atoms with Crippen LogP contribution in [-0.4, -0.2) is 22.4 Å². The molecule has 21 heavy (non-hydrogen) atoms.